The van der Waals surface area contributed by atoms with Crippen molar-refractivity contribution in [2.45, 2.75) is 32.5 Å². The van der Waals surface area contributed by atoms with E-state index in [1.54, 1.807) is 0 Å². The molecular weight excluding hydrogens is 248 g/mol. The highest BCUT2D eigenvalue weighted by Gasteiger charge is 2.14. The second-order valence-electron chi connectivity index (χ2n) is 5.09. The third-order valence-electron chi connectivity index (χ3n) is 3.65. The van der Waals surface area contributed by atoms with Crippen molar-refractivity contribution < 1.29 is 5.11 Å². The van der Waals surface area contributed by atoms with Crippen LogP contribution in [0.5, 0.6) is 0 Å². The maximum absolute atomic E-state index is 9.07. The number of hydrogen-bond acceptors (Lipinski definition) is 3. The van der Waals surface area contributed by atoms with E-state index in [9.17, 15) is 0 Å². The number of pyridine rings is 1. The van der Waals surface area contributed by atoms with Crippen LogP contribution in [0.3, 0.4) is 0 Å². The summed E-state index contributed by atoms with van der Waals surface area (Å²) in [5, 5.41) is 9.07. The zero-order valence-electron chi connectivity index (χ0n) is 12.2. The van der Waals surface area contributed by atoms with Crippen molar-refractivity contribution in [2.75, 3.05) is 7.05 Å². The Morgan fingerprint density at radius 3 is 2.20 bits per heavy atom. The number of hydrogen-bond donors (Lipinski definition) is 1. The molecule has 0 aliphatic carbocycles. The van der Waals surface area contributed by atoms with E-state index < -0.39 is 0 Å². The summed E-state index contributed by atoms with van der Waals surface area (Å²) >= 11 is 0. The summed E-state index contributed by atoms with van der Waals surface area (Å²) in [6, 6.07) is 12.7. The normalized spacial score (nSPS) is 12.6. The lowest BCUT2D eigenvalue weighted by Crippen LogP contribution is -2.23. The second kappa shape index (κ2) is 7.17. The minimum absolute atomic E-state index is 0.102. The average Bonchev–Trinajstić information content (AvgIpc) is 2.50. The predicted molar refractivity (Wildman–Crippen MR) is 81.1 cm³/mol. The van der Waals surface area contributed by atoms with Crippen LogP contribution in [-0.4, -0.2) is 22.0 Å². The smallest absolute Gasteiger partial charge is 0.0681 e. The molecule has 0 saturated heterocycles. The fourth-order valence-corrected chi connectivity index (χ4v) is 2.54. The number of nitrogens with zero attached hydrogens (tertiary/aromatic N) is 2. The molecule has 0 radical (unpaired) electrons. The fourth-order valence-electron chi connectivity index (χ4n) is 2.54. The zero-order valence-corrected chi connectivity index (χ0v) is 12.2. The van der Waals surface area contributed by atoms with Gasteiger partial charge < -0.3 is 5.11 Å². The highest BCUT2D eigenvalue weighted by Crippen LogP contribution is 2.23. The van der Waals surface area contributed by atoms with Crippen LogP contribution in [0, 0.1) is 0 Å². The van der Waals surface area contributed by atoms with Gasteiger partial charge in [-0.15, -0.1) is 0 Å². The Kier molecular flexibility index (Phi) is 5.27. The molecule has 1 unspecified atom stereocenters. The van der Waals surface area contributed by atoms with Gasteiger partial charge in [0.25, 0.3) is 0 Å². The van der Waals surface area contributed by atoms with Crippen molar-refractivity contribution in [2.24, 2.45) is 0 Å². The third kappa shape index (κ3) is 3.65. The maximum atomic E-state index is 9.07. The van der Waals surface area contributed by atoms with Gasteiger partial charge in [-0.1, -0.05) is 31.2 Å². The molecule has 0 fully saturated rings. The van der Waals surface area contributed by atoms with Crippen molar-refractivity contribution in [3.63, 3.8) is 0 Å². The number of benzene rings is 1. The number of aliphatic hydroxyl groups excluding tert-OH is 1. The Bertz CT molecular complexity index is 510. The van der Waals surface area contributed by atoms with Gasteiger partial charge >= 0.3 is 0 Å². The summed E-state index contributed by atoms with van der Waals surface area (Å²) in [5.41, 5.74) is 3.52. The lowest BCUT2D eigenvalue weighted by Gasteiger charge is -2.27. The molecule has 2 rings (SSSR count). The molecule has 3 nitrogen and oxygen atoms in total. The molecule has 1 aromatic carbocycles. The van der Waals surface area contributed by atoms with Crippen molar-refractivity contribution in [3.8, 4) is 0 Å². The molecule has 1 atom stereocenters. The molecule has 0 amide bonds. The molecule has 1 N–H and O–H groups in total. The van der Waals surface area contributed by atoms with E-state index in [4.69, 9.17) is 5.11 Å². The molecule has 20 heavy (non-hydrogen) atoms. The summed E-state index contributed by atoms with van der Waals surface area (Å²) in [6.07, 6.45) is 4.76. The van der Waals surface area contributed by atoms with E-state index in [-0.39, 0.29) is 6.61 Å². The summed E-state index contributed by atoms with van der Waals surface area (Å²) in [4.78, 5) is 6.43. The maximum Gasteiger partial charge on any atom is 0.0681 e. The molecule has 0 spiro atoms. The summed E-state index contributed by atoms with van der Waals surface area (Å²) in [7, 11) is 2.15. The summed E-state index contributed by atoms with van der Waals surface area (Å²) in [6.45, 7) is 3.20. The van der Waals surface area contributed by atoms with Gasteiger partial charge in [-0.25, -0.2) is 0 Å². The van der Waals surface area contributed by atoms with Gasteiger partial charge in [-0.05, 0) is 42.3 Å². The molecule has 1 heterocycles. The molecule has 0 aliphatic rings. The highest BCUT2D eigenvalue weighted by molar-refractivity contribution is 5.22. The molecule has 0 bridgehead atoms. The van der Waals surface area contributed by atoms with Crippen LogP contribution in [0.25, 0.3) is 0 Å². The van der Waals surface area contributed by atoms with Gasteiger partial charge in [0.1, 0.15) is 0 Å². The number of aliphatic hydroxyl groups is 1. The molecule has 106 valence electrons. The minimum Gasteiger partial charge on any atom is -0.392 e. The van der Waals surface area contributed by atoms with Crippen LogP contribution in [0.15, 0.2) is 48.8 Å². The lowest BCUT2D eigenvalue weighted by atomic mass is 10.0. The van der Waals surface area contributed by atoms with Crippen LogP contribution >= 0.6 is 0 Å². The van der Waals surface area contributed by atoms with Gasteiger partial charge in [0.2, 0.25) is 0 Å². The minimum atomic E-state index is 0.102. The first-order valence-electron chi connectivity index (χ1n) is 7.03. The topological polar surface area (TPSA) is 36.4 Å². The van der Waals surface area contributed by atoms with Crippen LogP contribution in [-0.2, 0) is 13.2 Å². The summed E-state index contributed by atoms with van der Waals surface area (Å²) in [5.74, 6) is 0. The lowest BCUT2D eigenvalue weighted by molar-refractivity contribution is 0.230. The Morgan fingerprint density at radius 2 is 1.65 bits per heavy atom. The summed E-state index contributed by atoms with van der Waals surface area (Å²) < 4.78 is 0. The molecular formula is C17H22N2O. The molecule has 1 aromatic heterocycles. The second-order valence-corrected chi connectivity index (χ2v) is 5.09. The van der Waals surface area contributed by atoms with Crippen LogP contribution < -0.4 is 0 Å². The molecule has 0 saturated carbocycles. The molecule has 3 heteroatoms. The van der Waals surface area contributed by atoms with E-state index in [0.29, 0.717) is 6.04 Å². The Balaban J connectivity index is 2.07. The first kappa shape index (κ1) is 14.7. The average molecular weight is 270 g/mol. The van der Waals surface area contributed by atoms with Crippen LogP contribution in [0.4, 0.5) is 0 Å². The van der Waals surface area contributed by atoms with E-state index >= 15 is 0 Å². The first-order chi connectivity index (χ1) is 9.74. The van der Waals surface area contributed by atoms with E-state index in [2.05, 4.69) is 48.1 Å². The van der Waals surface area contributed by atoms with E-state index in [1.165, 1.54) is 11.1 Å². The van der Waals surface area contributed by atoms with Crippen molar-refractivity contribution in [1.29, 1.82) is 0 Å². The highest BCUT2D eigenvalue weighted by atomic mass is 16.3. The SMILES string of the molecule is CCC(c1ccncc1)N(C)Cc1ccc(CO)cc1. The number of aromatic nitrogens is 1. The van der Waals surface area contributed by atoms with Gasteiger partial charge in [0.15, 0.2) is 0 Å². The largest absolute Gasteiger partial charge is 0.392 e. The van der Waals surface area contributed by atoms with Crippen molar-refractivity contribution in [1.82, 2.24) is 9.88 Å². The number of rotatable bonds is 6. The van der Waals surface area contributed by atoms with Gasteiger partial charge in [0, 0.05) is 25.0 Å². The van der Waals surface area contributed by atoms with E-state index in [0.717, 1.165) is 18.5 Å². The molecule has 2 aromatic rings. The Morgan fingerprint density at radius 1 is 1.05 bits per heavy atom. The zero-order chi connectivity index (χ0) is 14.4. The Hall–Kier alpha value is -1.71. The molecule has 0 aliphatic heterocycles. The quantitative estimate of drug-likeness (QED) is 0.876. The van der Waals surface area contributed by atoms with Gasteiger partial charge in [-0.3, -0.25) is 9.88 Å². The monoisotopic (exact) mass is 270 g/mol. The first-order valence-corrected chi connectivity index (χ1v) is 7.03. The van der Waals surface area contributed by atoms with Crippen LogP contribution in [0.1, 0.15) is 36.1 Å². The standard InChI is InChI=1S/C17H22N2O/c1-3-17(16-8-10-18-11-9-16)19(2)12-14-4-6-15(13-20)7-5-14/h4-11,17,20H,3,12-13H2,1-2H3. The van der Waals surface area contributed by atoms with Crippen molar-refractivity contribution in [3.05, 3.63) is 65.5 Å². The predicted octanol–water partition coefficient (Wildman–Crippen LogP) is 3.16. The van der Waals surface area contributed by atoms with Gasteiger partial charge in [0.05, 0.1) is 6.61 Å². The van der Waals surface area contributed by atoms with E-state index in [1.807, 2.05) is 24.5 Å². The van der Waals surface area contributed by atoms with Gasteiger partial charge in [-0.2, -0.15) is 0 Å². The fraction of sp³-hybridized carbons (Fsp3) is 0.353. The third-order valence-corrected chi connectivity index (χ3v) is 3.65. The van der Waals surface area contributed by atoms with Crippen LogP contribution in [0.2, 0.25) is 0 Å². The Labute approximate surface area is 120 Å². The van der Waals surface area contributed by atoms with Crippen molar-refractivity contribution >= 4 is 0 Å².